The van der Waals surface area contributed by atoms with E-state index in [1.54, 1.807) is 0 Å². The first-order valence-corrected chi connectivity index (χ1v) is 7.07. The Morgan fingerprint density at radius 3 is 2.29 bits per heavy atom. The third-order valence-corrected chi connectivity index (χ3v) is 3.45. The third-order valence-electron chi connectivity index (χ3n) is 3.21. The molecule has 0 heterocycles. The first-order valence-electron chi connectivity index (χ1n) is 6.69. The van der Waals surface area contributed by atoms with Gasteiger partial charge in [-0.15, -0.1) is 0 Å². The predicted octanol–water partition coefficient (Wildman–Crippen LogP) is 2.85. The maximum absolute atomic E-state index is 13.8. The first-order chi connectivity index (χ1) is 11.4. The monoisotopic (exact) mass is 352 g/mol. The van der Waals surface area contributed by atoms with Crippen molar-refractivity contribution >= 4 is 29.1 Å². The molecule has 0 unspecified atom stereocenters. The number of methoxy groups -OCH3 is 2. The molecule has 0 atom stereocenters. The summed E-state index contributed by atoms with van der Waals surface area (Å²) in [6.45, 7) is 0. The van der Waals surface area contributed by atoms with Crippen LogP contribution in [0, 0.1) is 5.82 Å². The number of benzene rings is 2. The van der Waals surface area contributed by atoms with E-state index >= 15 is 0 Å². The van der Waals surface area contributed by atoms with Gasteiger partial charge in [0.25, 0.3) is 11.8 Å². The molecule has 0 aliphatic carbocycles. The molecule has 2 amide bonds. The Morgan fingerprint density at radius 2 is 1.71 bits per heavy atom. The van der Waals surface area contributed by atoms with Crippen molar-refractivity contribution in [1.82, 2.24) is 0 Å². The number of nitrogens with two attached hydrogens (primary N) is 1. The van der Waals surface area contributed by atoms with Crippen LogP contribution >= 0.6 is 11.6 Å². The number of amides is 2. The summed E-state index contributed by atoms with van der Waals surface area (Å²) in [4.78, 5) is 23.9. The highest BCUT2D eigenvalue weighted by Crippen LogP contribution is 2.33. The fourth-order valence-corrected chi connectivity index (χ4v) is 2.22. The fraction of sp³-hybridized carbons (Fsp3) is 0.125. The van der Waals surface area contributed by atoms with Gasteiger partial charge in [0.15, 0.2) is 11.5 Å². The van der Waals surface area contributed by atoms with Gasteiger partial charge in [0, 0.05) is 11.1 Å². The summed E-state index contributed by atoms with van der Waals surface area (Å²) in [7, 11) is 2.78. The standard InChI is InChI=1S/C16H14ClFN2O4/c1-23-13-6-10(15(19)21)12(7-14(13)24-2)20-16(22)9-5-8(17)3-4-11(9)18/h3-7H,1-2H3,(H2,19,21)(H,20,22). The average molecular weight is 353 g/mol. The summed E-state index contributed by atoms with van der Waals surface area (Å²) in [5.74, 6) is -1.80. The van der Waals surface area contributed by atoms with E-state index in [0.717, 1.165) is 6.07 Å². The Hall–Kier alpha value is -2.80. The molecule has 126 valence electrons. The van der Waals surface area contributed by atoms with Crippen molar-refractivity contribution in [2.24, 2.45) is 5.73 Å². The van der Waals surface area contributed by atoms with Crippen molar-refractivity contribution in [2.45, 2.75) is 0 Å². The van der Waals surface area contributed by atoms with Gasteiger partial charge in [0.05, 0.1) is 31.0 Å². The van der Waals surface area contributed by atoms with Crippen LogP contribution in [0.2, 0.25) is 5.02 Å². The number of hydrogen-bond donors (Lipinski definition) is 2. The quantitative estimate of drug-likeness (QED) is 0.865. The summed E-state index contributed by atoms with van der Waals surface area (Å²) >= 11 is 5.78. The molecule has 0 aliphatic rings. The van der Waals surface area contributed by atoms with Crippen molar-refractivity contribution in [2.75, 3.05) is 19.5 Å². The first kappa shape index (κ1) is 17.6. The Bertz CT molecular complexity index is 811. The Kier molecular flexibility index (Phi) is 5.25. The van der Waals surface area contributed by atoms with E-state index in [1.165, 1.54) is 38.5 Å². The van der Waals surface area contributed by atoms with Gasteiger partial charge in [-0.3, -0.25) is 9.59 Å². The summed E-state index contributed by atoms with van der Waals surface area (Å²) in [5, 5.41) is 2.63. The largest absolute Gasteiger partial charge is 0.493 e. The summed E-state index contributed by atoms with van der Waals surface area (Å²) < 4.78 is 24.0. The van der Waals surface area contributed by atoms with Gasteiger partial charge in [0.2, 0.25) is 0 Å². The molecular weight excluding hydrogens is 339 g/mol. The molecule has 6 nitrogen and oxygen atoms in total. The second-order valence-corrected chi connectivity index (χ2v) is 5.13. The number of hydrogen-bond acceptors (Lipinski definition) is 4. The molecule has 0 saturated heterocycles. The van der Waals surface area contributed by atoms with Crippen LogP contribution in [-0.4, -0.2) is 26.0 Å². The van der Waals surface area contributed by atoms with E-state index in [1.807, 2.05) is 0 Å². The van der Waals surface area contributed by atoms with Crippen LogP contribution in [0.1, 0.15) is 20.7 Å². The smallest absolute Gasteiger partial charge is 0.258 e. The third kappa shape index (κ3) is 3.57. The van der Waals surface area contributed by atoms with E-state index in [0.29, 0.717) is 0 Å². The van der Waals surface area contributed by atoms with Crippen LogP contribution in [-0.2, 0) is 0 Å². The number of nitrogens with one attached hydrogen (secondary N) is 1. The highest BCUT2D eigenvalue weighted by atomic mass is 35.5. The number of carbonyl (C=O) groups is 2. The van der Waals surface area contributed by atoms with E-state index in [9.17, 15) is 14.0 Å². The summed E-state index contributed by atoms with van der Waals surface area (Å²) in [6.07, 6.45) is 0. The lowest BCUT2D eigenvalue weighted by atomic mass is 10.1. The highest BCUT2D eigenvalue weighted by molar-refractivity contribution is 6.31. The molecule has 2 aromatic rings. The highest BCUT2D eigenvalue weighted by Gasteiger charge is 2.19. The molecule has 0 radical (unpaired) electrons. The minimum atomic E-state index is -0.794. The van der Waals surface area contributed by atoms with Crippen molar-refractivity contribution in [3.8, 4) is 11.5 Å². The zero-order valence-electron chi connectivity index (χ0n) is 12.9. The lowest BCUT2D eigenvalue weighted by Crippen LogP contribution is -2.19. The molecular formula is C16H14ClFN2O4. The molecule has 8 heteroatoms. The number of primary amides is 1. The molecule has 0 aromatic heterocycles. The minimum absolute atomic E-state index is 0.0107. The minimum Gasteiger partial charge on any atom is -0.493 e. The van der Waals surface area contributed by atoms with Gasteiger partial charge in [-0.05, 0) is 24.3 Å². The SMILES string of the molecule is COc1cc(NC(=O)c2cc(Cl)ccc2F)c(C(N)=O)cc1OC. The van der Waals surface area contributed by atoms with Crippen LogP contribution in [0.15, 0.2) is 30.3 Å². The molecule has 2 rings (SSSR count). The number of carbonyl (C=O) groups excluding carboxylic acids is 2. The summed E-state index contributed by atoms with van der Waals surface area (Å²) in [6, 6.07) is 6.25. The van der Waals surface area contributed by atoms with Gasteiger partial charge >= 0.3 is 0 Å². The van der Waals surface area contributed by atoms with E-state index < -0.39 is 17.6 Å². The number of halogens is 2. The number of ether oxygens (including phenoxy) is 2. The Morgan fingerprint density at radius 1 is 1.08 bits per heavy atom. The Balaban J connectivity index is 2.46. The van der Waals surface area contributed by atoms with Gasteiger partial charge in [0.1, 0.15) is 5.82 Å². The van der Waals surface area contributed by atoms with Crippen molar-refractivity contribution < 1.29 is 23.5 Å². The zero-order valence-corrected chi connectivity index (χ0v) is 13.6. The van der Waals surface area contributed by atoms with Gasteiger partial charge in [-0.2, -0.15) is 0 Å². The maximum Gasteiger partial charge on any atom is 0.258 e. The van der Waals surface area contributed by atoms with Crippen LogP contribution in [0.5, 0.6) is 11.5 Å². The van der Waals surface area contributed by atoms with Gasteiger partial charge in [-0.25, -0.2) is 4.39 Å². The molecule has 0 spiro atoms. The average Bonchev–Trinajstić information content (AvgIpc) is 2.56. The van der Waals surface area contributed by atoms with Crippen LogP contribution in [0.4, 0.5) is 10.1 Å². The molecule has 0 aliphatic heterocycles. The molecule has 0 fully saturated rings. The number of rotatable bonds is 5. The van der Waals surface area contributed by atoms with E-state index in [2.05, 4.69) is 5.32 Å². The van der Waals surface area contributed by atoms with Crippen LogP contribution < -0.4 is 20.5 Å². The topological polar surface area (TPSA) is 90.6 Å². The van der Waals surface area contributed by atoms with Crippen molar-refractivity contribution in [3.05, 3.63) is 52.3 Å². The van der Waals surface area contributed by atoms with Crippen molar-refractivity contribution in [1.29, 1.82) is 0 Å². The van der Waals surface area contributed by atoms with Gasteiger partial charge in [-0.1, -0.05) is 11.6 Å². The lowest BCUT2D eigenvalue weighted by molar-refractivity contribution is 0.100. The maximum atomic E-state index is 13.8. The molecule has 24 heavy (non-hydrogen) atoms. The lowest BCUT2D eigenvalue weighted by Gasteiger charge is -2.14. The van der Waals surface area contributed by atoms with Crippen LogP contribution in [0.3, 0.4) is 0 Å². The normalized spacial score (nSPS) is 10.2. The molecule has 0 bridgehead atoms. The molecule has 3 N–H and O–H groups in total. The zero-order chi connectivity index (χ0) is 17.9. The van der Waals surface area contributed by atoms with Gasteiger partial charge < -0.3 is 20.5 Å². The fourth-order valence-electron chi connectivity index (χ4n) is 2.05. The second-order valence-electron chi connectivity index (χ2n) is 4.70. The Labute approximate surface area is 142 Å². The number of anilines is 1. The van der Waals surface area contributed by atoms with E-state index in [4.69, 9.17) is 26.8 Å². The van der Waals surface area contributed by atoms with Crippen molar-refractivity contribution in [3.63, 3.8) is 0 Å². The second kappa shape index (κ2) is 7.18. The van der Waals surface area contributed by atoms with Crippen LogP contribution in [0.25, 0.3) is 0 Å². The molecule has 0 saturated carbocycles. The predicted molar refractivity (Wildman–Crippen MR) is 87.4 cm³/mol. The summed E-state index contributed by atoms with van der Waals surface area (Å²) in [5.41, 5.74) is 5.09. The van der Waals surface area contributed by atoms with E-state index in [-0.39, 0.29) is 33.3 Å². The molecule has 2 aromatic carbocycles.